The normalized spacial score (nSPS) is 22.4. The summed E-state index contributed by atoms with van der Waals surface area (Å²) in [5, 5.41) is 0. The lowest BCUT2D eigenvalue weighted by molar-refractivity contribution is 0.160. The Kier molecular flexibility index (Phi) is 4.58. The lowest BCUT2D eigenvalue weighted by atomic mass is 10.2. The van der Waals surface area contributed by atoms with Crippen LogP contribution in [0, 0.1) is 12.7 Å². The van der Waals surface area contributed by atoms with E-state index in [4.69, 9.17) is 14.2 Å². The fourth-order valence-corrected chi connectivity index (χ4v) is 3.31. The smallest absolute Gasteiger partial charge is 0.257 e. The first-order chi connectivity index (χ1) is 12.6. The van der Waals surface area contributed by atoms with Gasteiger partial charge in [-0.3, -0.25) is 9.88 Å². The molecule has 8 heteroatoms. The van der Waals surface area contributed by atoms with Crippen molar-refractivity contribution < 1.29 is 18.6 Å². The van der Waals surface area contributed by atoms with Crippen LogP contribution in [0.1, 0.15) is 24.7 Å². The SMILES string of the molecule is Cc1cncc(O[C@@H]2C[C@H](C)N(Cc3nc4c(cc3F)OCCO4)C2)n1. The summed E-state index contributed by atoms with van der Waals surface area (Å²) in [6.45, 7) is 5.88. The third-order valence-electron chi connectivity index (χ3n) is 4.60. The molecule has 0 bridgehead atoms. The molecule has 0 saturated carbocycles. The molecular formula is C18H21FN4O3. The van der Waals surface area contributed by atoms with Crippen molar-refractivity contribution in [1.29, 1.82) is 0 Å². The molecule has 0 aliphatic carbocycles. The first kappa shape index (κ1) is 17.0. The van der Waals surface area contributed by atoms with E-state index in [1.165, 1.54) is 6.07 Å². The van der Waals surface area contributed by atoms with E-state index < -0.39 is 0 Å². The molecule has 0 N–H and O–H groups in total. The maximum Gasteiger partial charge on any atom is 0.257 e. The molecule has 4 heterocycles. The summed E-state index contributed by atoms with van der Waals surface area (Å²) in [5.74, 6) is 0.872. The molecule has 138 valence electrons. The van der Waals surface area contributed by atoms with Crippen LogP contribution in [0.5, 0.6) is 17.5 Å². The fourth-order valence-electron chi connectivity index (χ4n) is 3.31. The van der Waals surface area contributed by atoms with Gasteiger partial charge in [-0.25, -0.2) is 14.4 Å². The highest BCUT2D eigenvalue weighted by Crippen LogP contribution is 2.31. The quantitative estimate of drug-likeness (QED) is 0.827. The lowest BCUT2D eigenvalue weighted by Gasteiger charge is -2.22. The van der Waals surface area contributed by atoms with Crippen LogP contribution in [0.3, 0.4) is 0 Å². The summed E-state index contributed by atoms with van der Waals surface area (Å²) in [4.78, 5) is 14.9. The van der Waals surface area contributed by atoms with Gasteiger partial charge in [0.15, 0.2) is 5.75 Å². The average Bonchev–Trinajstić information content (AvgIpc) is 2.94. The number of aromatic nitrogens is 3. The highest BCUT2D eigenvalue weighted by atomic mass is 19.1. The van der Waals surface area contributed by atoms with Crippen molar-refractivity contribution in [2.75, 3.05) is 19.8 Å². The molecule has 1 saturated heterocycles. The summed E-state index contributed by atoms with van der Waals surface area (Å²) < 4.78 is 31.1. The predicted molar refractivity (Wildman–Crippen MR) is 90.9 cm³/mol. The molecule has 2 aliphatic rings. The summed E-state index contributed by atoms with van der Waals surface area (Å²) in [6, 6.07) is 1.60. The van der Waals surface area contributed by atoms with Gasteiger partial charge in [-0.1, -0.05) is 0 Å². The van der Waals surface area contributed by atoms with Crippen LogP contribution in [0.2, 0.25) is 0 Å². The first-order valence-electron chi connectivity index (χ1n) is 8.73. The molecule has 26 heavy (non-hydrogen) atoms. The number of aryl methyl sites for hydroxylation is 1. The van der Waals surface area contributed by atoms with Crippen LogP contribution in [0.15, 0.2) is 18.5 Å². The second-order valence-corrected chi connectivity index (χ2v) is 6.67. The molecule has 0 amide bonds. The minimum absolute atomic E-state index is 0.0126. The van der Waals surface area contributed by atoms with E-state index in [1.807, 2.05) is 6.92 Å². The topological polar surface area (TPSA) is 69.6 Å². The molecule has 2 aliphatic heterocycles. The highest BCUT2D eigenvalue weighted by molar-refractivity contribution is 5.36. The van der Waals surface area contributed by atoms with Crippen molar-refractivity contribution in [3.05, 3.63) is 35.7 Å². The van der Waals surface area contributed by atoms with Gasteiger partial charge < -0.3 is 14.2 Å². The average molecular weight is 360 g/mol. The number of hydrogen-bond donors (Lipinski definition) is 0. The zero-order valence-electron chi connectivity index (χ0n) is 14.8. The third kappa shape index (κ3) is 3.55. The van der Waals surface area contributed by atoms with Gasteiger partial charge in [0.25, 0.3) is 5.88 Å². The Morgan fingerprint density at radius 3 is 2.96 bits per heavy atom. The Morgan fingerprint density at radius 1 is 1.27 bits per heavy atom. The number of nitrogens with zero attached hydrogens (tertiary/aromatic N) is 4. The minimum atomic E-state index is -0.379. The Labute approximate surface area is 151 Å². The van der Waals surface area contributed by atoms with Crippen LogP contribution in [-0.2, 0) is 6.54 Å². The van der Waals surface area contributed by atoms with E-state index in [0.29, 0.717) is 49.5 Å². The summed E-state index contributed by atoms with van der Waals surface area (Å²) >= 11 is 0. The molecule has 0 aromatic carbocycles. The van der Waals surface area contributed by atoms with Gasteiger partial charge in [-0.15, -0.1) is 0 Å². The molecule has 1 fully saturated rings. The minimum Gasteiger partial charge on any atom is -0.484 e. The number of hydrogen-bond acceptors (Lipinski definition) is 7. The Hall–Kier alpha value is -2.48. The zero-order chi connectivity index (χ0) is 18.1. The van der Waals surface area contributed by atoms with E-state index in [1.54, 1.807) is 12.4 Å². The van der Waals surface area contributed by atoms with Gasteiger partial charge in [0.1, 0.15) is 25.1 Å². The molecular weight excluding hydrogens is 339 g/mol. The fraction of sp³-hybridized carbons (Fsp3) is 0.500. The first-order valence-corrected chi connectivity index (χ1v) is 8.73. The number of halogens is 1. The molecule has 7 nitrogen and oxygen atoms in total. The van der Waals surface area contributed by atoms with Gasteiger partial charge in [-0.05, 0) is 13.8 Å². The number of pyridine rings is 1. The van der Waals surface area contributed by atoms with E-state index in [-0.39, 0.29) is 18.0 Å². The van der Waals surface area contributed by atoms with Gasteiger partial charge in [0.05, 0.1) is 17.6 Å². The van der Waals surface area contributed by atoms with Crippen LogP contribution in [0.4, 0.5) is 4.39 Å². The van der Waals surface area contributed by atoms with E-state index in [9.17, 15) is 4.39 Å². The largest absolute Gasteiger partial charge is 0.484 e. The second kappa shape index (κ2) is 7.03. The summed E-state index contributed by atoms with van der Waals surface area (Å²) in [6.07, 6.45) is 4.12. The third-order valence-corrected chi connectivity index (χ3v) is 4.60. The number of ether oxygens (including phenoxy) is 3. The van der Waals surface area contributed by atoms with Gasteiger partial charge in [-0.2, -0.15) is 0 Å². The van der Waals surface area contributed by atoms with Crippen LogP contribution in [-0.4, -0.2) is 51.8 Å². The van der Waals surface area contributed by atoms with Crippen molar-refractivity contribution in [2.45, 2.75) is 39.0 Å². The Morgan fingerprint density at radius 2 is 2.12 bits per heavy atom. The Balaban J connectivity index is 1.44. The van der Waals surface area contributed by atoms with Gasteiger partial charge in [0.2, 0.25) is 5.88 Å². The monoisotopic (exact) mass is 360 g/mol. The maximum absolute atomic E-state index is 14.4. The molecule has 2 aromatic heterocycles. The molecule has 0 unspecified atom stereocenters. The van der Waals surface area contributed by atoms with Crippen molar-refractivity contribution in [3.8, 4) is 17.5 Å². The van der Waals surface area contributed by atoms with Crippen molar-refractivity contribution in [3.63, 3.8) is 0 Å². The van der Waals surface area contributed by atoms with Gasteiger partial charge in [0, 0.05) is 37.8 Å². The standard InChI is InChI=1S/C18H21FN4O3/c1-11-7-20-8-17(21-11)26-13-5-12(2)23(9-13)10-15-14(19)6-16-18(22-15)25-4-3-24-16/h6-8,12-13H,3-5,9-10H2,1-2H3/t12-,13+/m0/s1. The lowest BCUT2D eigenvalue weighted by Crippen LogP contribution is -2.29. The number of rotatable bonds is 4. The number of likely N-dealkylation sites (tertiary alicyclic amines) is 1. The molecule has 4 rings (SSSR count). The van der Waals surface area contributed by atoms with Crippen LogP contribution >= 0.6 is 0 Å². The number of fused-ring (bicyclic) bond motifs is 1. The summed E-state index contributed by atoms with van der Waals surface area (Å²) in [5.41, 5.74) is 1.17. The van der Waals surface area contributed by atoms with Crippen molar-refractivity contribution >= 4 is 0 Å². The second-order valence-electron chi connectivity index (χ2n) is 6.67. The molecule has 2 atom stereocenters. The molecule has 2 aromatic rings. The van der Waals surface area contributed by atoms with E-state index in [2.05, 4.69) is 26.8 Å². The Bertz CT molecular complexity index is 804. The zero-order valence-corrected chi connectivity index (χ0v) is 14.8. The van der Waals surface area contributed by atoms with Crippen LogP contribution in [0.25, 0.3) is 0 Å². The highest BCUT2D eigenvalue weighted by Gasteiger charge is 2.32. The summed E-state index contributed by atoms with van der Waals surface area (Å²) in [7, 11) is 0. The van der Waals surface area contributed by atoms with Crippen molar-refractivity contribution in [1.82, 2.24) is 19.9 Å². The molecule has 0 radical (unpaired) electrons. The van der Waals surface area contributed by atoms with Crippen LogP contribution < -0.4 is 14.2 Å². The van der Waals surface area contributed by atoms with E-state index >= 15 is 0 Å². The predicted octanol–water partition coefficient (Wildman–Crippen LogP) is 2.13. The van der Waals surface area contributed by atoms with Gasteiger partial charge >= 0.3 is 0 Å². The van der Waals surface area contributed by atoms with E-state index in [0.717, 1.165) is 12.1 Å². The van der Waals surface area contributed by atoms with Crippen molar-refractivity contribution in [2.24, 2.45) is 0 Å². The molecule has 0 spiro atoms. The maximum atomic E-state index is 14.4.